The van der Waals surface area contributed by atoms with Gasteiger partial charge in [0.15, 0.2) is 0 Å². The van der Waals surface area contributed by atoms with Gasteiger partial charge in [0.05, 0.1) is 39.3 Å². The molecule has 490 valence electrons. The van der Waals surface area contributed by atoms with E-state index in [1.54, 1.807) is 27.7 Å². The van der Waals surface area contributed by atoms with Gasteiger partial charge in [-0.3, -0.25) is 81.5 Å². The molecule has 3 aliphatic rings. The highest BCUT2D eigenvalue weighted by Crippen LogP contribution is 2.20. The number of carbonyl (C=O) groups excluding carboxylic acids is 15. The van der Waals surface area contributed by atoms with Crippen LogP contribution < -0.4 is 69.5 Å². The zero-order valence-electron chi connectivity index (χ0n) is 49.5. The fraction of sp³-hybridized carbons (Fsp3) is 0.673. The smallest absolute Gasteiger partial charge is 0.305 e. The lowest BCUT2D eigenvalue weighted by atomic mass is 9.99. The maximum atomic E-state index is 13.8. The van der Waals surface area contributed by atoms with Crippen molar-refractivity contribution >= 4 is 101 Å². The number of rotatable bonds is 12. The molecular weight excluding hydrogens is 1170 g/mol. The number of aliphatic carboxylic acids is 2. The number of carboxylic acids is 2. The van der Waals surface area contributed by atoms with Gasteiger partial charge < -0.3 is 99.8 Å². The maximum absolute atomic E-state index is 13.8. The van der Waals surface area contributed by atoms with Crippen molar-refractivity contribution in [3.8, 4) is 0 Å². The molecule has 0 aliphatic carbocycles. The summed E-state index contributed by atoms with van der Waals surface area (Å²) >= 11 is 0. The van der Waals surface area contributed by atoms with Gasteiger partial charge in [0.2, 0.25) is 88.6 Å². The summed E-state index contributed by atoms with van der Waals surface area (Å²) in [4.78, 5) is 226. The zero-order chi connectivity index (χ0) is 66.3. The lowest BCUT2D eigenvalue weighted by molar-refractivity contribution is -0.143. The first-order chi connectivity index (χ1) is 41.3. The van der Waals surface area contributed by atoms with Crippen molar-refractivity contribution in [2.45, 2.75) is 166 Å². The van der Waals surface area contributed by atoms with Gasteiger partial charge in [0.25, 0.3) is 0 Å². The Labute approximate surface area is 504 Å². The Balaban J connectivity index is 1.97. The molecule has 3 saturated heterocycles. The molecule has 0 aromatic carbocycles. The average molecular weight is 1250 g/mol. The van der Waals surface area contributed by atoms with E-state index in [2.05, 4.69) is 63.8 Å². The molecule has 36 nitrogen and oxygen atoms in total. The third kappa shape index (κ3) is 22.6. The number of carbonyl (C=O) groups is 17. The van der Waals surface area contributed by atoms with E-state index in [9.17, 15) is 102 Å². The normalized spacial score (nSPS) is 27.6. The van der Waals surface area contributed by atoms with Crippen LogP contribution in [0.1, 0.15) is 99.3 Å². The Morgan fingerprint density at radius 3 is 1.31 bits per heavy atom. The Bertz CT molecular complexity index is 2660. The topological polar surface area (TPSA) is 548 Å². The summed E-state index contributed by atoms with van der Waals surface area (Å²) in [7, 11) is 0. The van der Waals surface area contributed by atoms with Gasteiger partial charge in [0.1, 0.15) is 66.5 Å². The SMILES string of the molecule is CC(C)[C@@H]1NC(=O)CNC(=O)[C@@H]2CCCN2C(=O)[C@H](CO)NC(=O)[C@H](C)NC(=O)[C@H](CCC(=O)O)NC(=O)[C@H](CC(=O)O)NC(=O)[C@H](CCC(N)=O)NC(=O)[C@H](C)NC(=O)CNC(=O)[C@@H]2CCCN2C(=O)[C@H](CO)NC(=O)CNC(=O)[C@H](C(C)C)NC1=O. The number of primary amides is 1. The van der Waals surface area contributed by atoms with E-state index < -0.39 is 244 Å². The molecule has 0 unspecified atom stereocenters. The Morgan fingerprint density at radius 1 is 0.455 bits per heavy atom. The van der Waals surface area contributed by atoms with E-state index in [4.69, 9.17) is 5.73 Å². The third-order valence-corrected chi connectivity index (χ3v) is 14.2. The van der Waals surface area contributed by atoms with E-state index in [0.717, 1.165) is 23.6 Å². The van der Waals surface area contributed by atoms with E-state index in [-0.39, 0.29) is 38.8 Å². The van der Waals surface area contributed by atoms with E-state index >= 15 is 0 Å². The summed E-state index contributed by atoms with van der Waals surface area (Å²) in [6, 6.07) is -17.4. The molecule has 3 fully saturated rings. The molecule has 3 rings (SSSR count). The van der Waals surface area contributed by atoms with Crippen molar-refractivity contribution in [3.05, 3.63) is 0 Å². The number of amides is 15. The van der Waals surface area contributed by atoms with E-state index in [1.165, 1.54) is 0 Å². The van der Waals surface area contributed by atoms with Crippen LogP contribution in [0.4, 0.5) is 0 Å². The molecule has 3 heterocycles. The van der Waals surface area contributed by atoms with Crippen molar-refractivity contribution in [2.75, 3.05) is 45.9 Å². The van der Waals surface area contributed by atoms with E-state index in [1.807, 2.05) is 0 Å². The van der Waals surface area contributed by atoms with Crippen molar-refractivity contribution in [3.63, 3.8) is 0 Å². The maximum Gasteiger partial charge on any atom is 0.305 e. The minimum Gasteiger partial charge on any atom is -0.481 e. The Kier molecular flexibility index (Phi) is 29.0. The Hall–Kier alpha value is -9.09. The molecule has 36 heteroatoms. The number of aliphatic hydroxyl groups is 2. The summed E-state index contributed by atoms with van der Waals surface area (Å²) in [5, 5.41) is 67.2. The second-order valence-corrected chi connectivity index (χ2v) is 21.8. The van der Waals surface area contributed by atoms with Crippen molar-refractivity contribution < 1.29 is 102 Å². The summed E-state index contributed by atoms with van der Waals surface area (Å²) in [5.74, 6) is -19.7. The fourth-order valence-electron chi connectivity index (χ4n) is 9.36. The number of carboxylic acid groups (broad SMARTS) is 2. The minimum atomic E-state index is -2.10. The first kappa shape index (κ1) is 73.2. The van der Waals surface area contributed by atoms with Gasteiger partial charge in [0, 0.05) is 25.9 Å². The predicted octanol–water partition coefficient (Wildman–Crippen LogP) is -9.36. The highest BCUT2D eigenvalue weighted by Gasteiger charge is 2.41. The zero-order valence-corrected chi connectivity index (χ0v) is 49.5. The van der Waals surface area contributed by atoms with Crippen LogP contribution in [0.15, 0.2) is 0 Å². The molecule has 18 N–H and O–H groups in total. The molecule has 0 aromatic heterocycles. The van der Waals surface area contributed by atoms with Gasteiger partial charge in [-0.1, -0.05) is 27.7 Å². The second kappa shape index (κ2) is 34.9. The average Bonchev–Trinajstić information content (AvgIpc) is 4.24. The number of nitrogens with one attached hydrogen (secondary N) is 12. The number of nitrogens with zero attached hydrogens (tertiary/aromatic N) is 2. The van der Waals surface area contributed by atoms with Crippen LogP contribution in [-0.4, -0.2) is 243 Å². The van der Waals surface area contributed by atoms with Gasteiger partial charge in [-0.25, -0.2) is 0 Å². The molecular formula is C52H81N15O21. The Morgan fingerprint density at radius 2 is 0.841 bits per heavy atom. The monoisotopic (exact) mass is 1250 g/mol. The summed E-state index contributed by atoms with van der Waals surface area (Å²) < 4.78 is 0. The molecule has 15 amide bonds. The molecule has 0 aromatic rings. The van der Waals surface area contributed by atoms with Gasteiger partial charge >= 0.3 is 11.9 Å². The largest absolute Gasteiger partial charge is 0.481 e. The highest BCUT2D eigenvalue weighted by molar-refractivity contribution is 6.00. The van der Waals surface area contributed by atoms with Crippen LogP contribution in [0, 0.1) is 11.8 Å². The standard InChI is InChI=1S/C52H81N15O21/c1-23(2)40-49(85)56-19-36(72)59-30(21-68)51(87)66-15-7-9-32(66)47(83)54-18-35(71)57-25(5)42(78)60-27(11-13-34(53)70)45(81)62-29(17-39(76)77)46(82)61-28(12-14-38(74)75)44(80)58-26(6)43(79)63-31(22-69)52(88)67-16-8-10-33(67)48(84)55-20-37(73)64-41(24(3)4)50(86)65-40/h23-33,40-41,68-69H,7-22H2,1-6H3,(H2,53,70)(H,54,83)(H,55,84)(H,56,85)(H,57,71)(H,58,80)(H,59,72)(H,60,78)(H,61,82)(H,62,81)(H,63,79)(H,64,73)(H,65,86)(H,74,75)(H,76,77)/t25-,26-,27-,28-,29-,30-,31-,32-,33-,40-,41-/m0/s1. The molecule has 11 atom stereocenters. The number of hydrogen-bond acceptors (Lipinski definition) is 19. The number of aliphatic hydroxyl groups excluding tert-OH is 2. The molecule has 0 radical (unpaired) electrons. The molecule has 3 aliphatic heterocycles. The van der Waals surface area contributed by atoms with Crippen LogP contribution in [-0.2, 0) is 81.5 Å². The summed E-state index contributed by atoms with van der Waals surface area (Å²) in [6.07, 6.45) is -3.23. The van der Waals surface area contributed by atoms with Crippen molar-refractivity contribution in [2.24, 2.45) is 17.6 Å². The van der Waals surface area contributed by atoms with Crippen LogP contribution in [0.25, 0.3) is 0 Å². The lowest BCUT2D eigenvalue weighted by Crippen LogP contribution is -2.60. The lowest BCUT2D eigenvalue weighted by Gasteiger charge is -2.29. The van der Waals surface area contributed by atoms with Gasteiger partial charge in [-0.15, -0.1) is 0 Å². The summed E-state index contributed by atoms with van der Waals surface area (Å²) in [5.41, 5.74) is 5.28. The molecule has 88 heavy (non-hydrogen) atoms. The molecule has 0 spiro atoms. The fourth-order valence-corrected chi connectivity index (χ4v) is 9.36. The van der Waals surface area contributed by atoms with Crippen LogP contribution in [0.3, 0.4) is 0 Å². The minimum absolute atomic E-state index is 0.0310. The first-order valence-corrected chi connectivity index (χ1v) is 28.4. The number of nitrogens with two attached hydrogens (primary N) is 1. The number of hydrogen-bond donors (Lipinski definition) is 17. The van der Waals surface area contributed by atoms with E-state index in [0.29, 0.717) is 0 Å². The summed E-state index contributed by atoms with van der Waals surface area (Å²) in [6.45, 7) is 4.12. The molecule has 0 saturated carbocycles. The first-order valence-electron chi connectivity index (χ1n) is 28.4. The molecule has 0 bridgehead atoms. The second-order valence-electron chi connectivity index (χ2n) is 21.8. The predicted molar refractivity (Wildman–Crippen MR) is 299 cm³/mol. The quantitative estimate of drug-likeness (QED) is 0.0863. The van der Waals surface area contributed by atoms with Gasteiger partial charge in [-0.05, 0) is 64.2 Å². The van der Waals surface area contributed by atoms with Crippen molar-refractivity contribution in [1.29, 1.82) is 0 Å². The highest BCUT2D eigenvalue weighted by atomic mass is 16.4. The van der Waals surface area contributed by atoms with Crippen LogP contribution >= 0.6 is 0 Å². The van der Waals surface area contributed by atoms with Crippen molar-refractivity contribution in [1.82, 2.24) is 73.6 Å². The van der Waals surface area contributed by atoms with Crippen LogP contribution in [0.5, 0.6) is 0 Å². The van der Waals surface area contributed by atoms with Gasteiger partial charge in [-0.2, -0.15) is 0 Å². The number of fused-ring (bicyclic) bond motifs is 2. The third-order valence-electron chi connectivity index (χ3n) is 14.2. The van der Waals surface area contributed by atoms with Crippen LogP contribution in [0.2, 0.25) is 0 Å².